The summed E-state index contributed by atoms with van der Waals surface area (Å²) in [5, 5.41) is 42.0. The summed E-state index contributed by atoms with van der Waals surface area (Å²) >= 11 is 0. The molecule has 0 aromatic heterocycles. The van der Waals surface area contributed by atoms with Crippen LogP contribution in [-0.2, 0) is 43.2 Å². The molecule has 9 N–H and O–H groups in total. The molecule has 6 amide bonds. The Morgan fingerprint density at radius 1 is 0.703 bits per heavy atom. The molecule has 64 heavy (non-hydrogen) atoms. The van der Waals surface area contributed by atoms with Crippen LogP contribution in [0.4, 0.5) is 5.69 Å². The monoisotopic (exact) mass is 896 g/mol. The molecule has 0 bridgehead atoms. The highest BCUT2D eigenvalue weighted by molar-refractivity contribution is 5.97. The molecule has 0 unspecified atom stereocenters. The first-order chi connectivity index (χ1) is 30.3. The first kappa shape index (κ1) is 55.2. The molecular formula is C44H64N8O12. The van der Waals surface area contributed by atoms with Crippen molar-refractivity contribution in [2.75, 3.05) is 37.6 Å². The molecule has 4 atom stereocenters. The number of rotatable bonds is 30. The normalized spacial score (nSPS) is 13.5. The van der Waals surface area contributed by atoms with Gasteiger partial charge in [-0.25, -0.2) is 0 Å². The van der Waals surface area contributed by atoms with Crippen molar-refractivity contribution in [2.45, 2.75) is 104 Å². The largest absolute Gasteiger partial charge is 0.481 e. The molecular weight excluding hydrogens is 833 g/mol. The number of aliphatic carboxylic acids is 3. The number of carbonyl (C=O) groups excluding carboxylic acids is 6. The topological polar surface area (TPSA) is 302 Å². The van der Waals surface area contributed by atoms with E-state index in [-0.39, 0.29) is 25.4 Å². The van der Waals surface area contributed by atoms with Gasteiger partial charge in [0, 0.05) is 64.4 Å². The number of amides is 6. The van der Waals surface area contributed by atoms with E-state index in [1.165, 1.54) is 19.5 Å². The van der Waals surface area contributed by atoms with Crippen LogP contribution in [0.15, 0.2) is 59.1 Å². The second kappa shape index (κ2) is 30.2. The van der Waals surface area contributed by atoms with Crippen LogP contribution in [0.1, 0.15) is 85.6 Å². The van der Waals surface area contributed by atoms with Crippen molar-refractivity contribution in [2.24, 2.45) is 10.9 Å². The van der Waals surface area contributed by atoms with Crippen LogP contribution in [0.5, 0.6) is 0 Å². The minimum atomic E-state index is -1.62. The number of anilines is 1. The Morgan fingerprint density at radius 3 is 1.83 bits per heavy atom. The molecule has 0 aliphatic carbocycles. The average Bonchev–Trinajstić information content (AvgIpc) is 3.22. The van der Waals surface area contributed by atoms with Crippen LogP contribution in [0.3, 0.4) is 0 Å². The molecule has 20 nitrogen and oxygen atoms in total. The molecule has 0 aliphatic heterocycles. The summed E-state index contributed by atoms with van der Waals surface area (Å²) in [6.45, 7) is 12.4. The van der Waals surface area contributed by atoms with Gasteiger partial charge in [0.05, 0.1) is 12.8 Å². The Hall–Kier alpha value is -6.86. The molecule has 1 rings (SSSR count). The lowest BCUT2D eigenvalue weighted by Gasteiger charge is -2.27. The lowest BCUT2D eigenvalue weighted by molar-refractivity contribution is -0.142. The number of allylic oxidation sites excluding steroid dienone is 5. The molecule has 0 saturated heterocycles. The number of benzene rings is 1. The highest BCUT2D eigenvalue weighted by atomic mass is 16.4. The van der Waals surface area contributed by atoms with Crippen LogP contribution in [0.2, 0.25) is 0 Å². The zero-order chi connectivity index (χ0) is 48.2. The molecule has 0 spiro atoms. The average molecular weight is 897 g/mol. The first-order valence-electron chi connectivity index (χ1n) is 21.0. The summed E-state index contributed by atoms with van der Waals surface area (Å²) in [7, 11) is 0. The maximum absolute atomic E-state index is 13.4. The van der Waals surface area contributed by atoms with Crippen molar-refractivity contribution in [1.29, 1.82) is 0 Å². The predicted molar refractivity (Wildman–Crippen MR) is 240 cm³/mol. The van der Waals surface area contributed by atoms with Gasteiger partial charge in [-0.1, -0.05) is 50.3 Å². The zero-order valence-electron chi connectivity index (χ0n) is 37.3. The predicted octanol–water partition coefficient (Wildman–Crippen LogP) is 1.56. The van der Waals surface area contributed by atoms with Crippen LogP contribution in [0, 0.1) is 5.92 Å². The van der Waals surface area contributed by atoms with E-state index in [1.54, 1.807) is 6.21 Å². The van der Waals surface area contributed by atoms with E-state index in [1.807, 2.05) is 37.3 Å². The van der Waals surface area contributed by atoms with Gasteiger partial charge < -0.3 is 52.1 Å². The van der Waals surface area contributed by atoms with Crippen molar-refractivity contribution < 1.29 is 58.5 Å². The third-order valence-corrected chi connectivity index (χ3v) is 9.27. The van der Waals surface area contributed by atoms with E-state index in [2.05, 4.69) is 79.9 Å². The van der Waals surface area contributed by atoms with Crippen molar-refractivity contribution in [3.8, 4) is 0 Å². The van der Waals surface area contributed by atoms with Gasteiger partial charge in [0.15, 0.2) is 0 Å². The zero-order valence-corrected chi connectivity index (χ0v) is 37.3. The molecule has 0 aliphatic rings. The third-order valence-electron chi connectivity index (χ3n) is 9.27. The second-order valence-corrected chi connectivity index (χ2v) is 14.8. The number of carboxylic acids is 3. The summed E-state index contributed by atoms with van der Waals surface area (Å²) in [4.78, 5) is 117. The Labute approximate surface area is 373 Å². The van der Waals surface area contributed by atoms with Crippen molar-refractivity contribution >= 4 is 71.3 Å². The van der Waals surface area contributed by atoms with E-state index in [0.717, 1.165) is 31.1 Å². The smallest absolute Gasteiger partial charge is 0.305 e. The summed E-state index contributed by atoms with van der Waals surface area (Å²) in [6, 6.07) is 2.07. The fourth-order valence-electron chi connectivity index (χ4n) is 5.95. The Morgan fingerprint density at radius 2 is 1.28 bits per heavy atom. The number of nitrogens with zero attached hydrogens (tertiary/aromatic N) is 2. The number of aliphatic imine (C=N–C) groups is 1. The SMILES string of the molecule is C\C=C/C(C=Cc1ccc(N(CC)CC)cc1)=C\C=N\CCCC(=O)NCCNC(=O)[C@@H](CC(=O)O)NC(=O)[C@H](NC(=O)[C@@H](CCC(=O)O)NC(=O)[C@@H](CC(=O)O)NC(C)=O)C(C)C. The molecule has 352 valence electrons. The molecule has 0 fully saturated rings. The highest BCUT2D eigenvalue weighted by Crippen LogP contribution is 2.16. The number of hydrogen-bond acceptors (Lipinski definition) is 11. The first-order valence-corrected chi connectivity index (χ1v) is 21.0. The summed E-state index contributed by atoms with van der Waals surface area (Å²) < 4.78 is 0. The number of hydrogen-bond donors (Lipinski definition) is 9. The second-order valence-electron chi connectivity index (χ2n) is 14.8. The Kier molecular flexibility index (Phi) is 26.1. The van der Waals surface area contributed by atoms with Crippen molar-refractivity contribution in [3.63, 3.8) is 0 Å². The highest BCUT2D eigenvalue weighted by Gasteiger charge is 2.34. The molecule has 1 aromatic rings. The lowest BCUT2D eigenvalue weighted by Crippen LogP contribution is -2.59. The fraction of sp³-hybridized carbons (Fsp3) is 0.500. The minimum absolute atomic E-state index is 0.00899. The van der Waals surface area contributed by atoms with Gasteiger partial charge in [-0.2, -0.15) is 0 Å². The standard InChI is InChI=1S/C44H64N8O12/c1-7-11-30(13-14-31-15-17-32(18-16-31)52(8-2)9-3)21-23-45-22-10-12-36(54)46-24-25-47-41(61)34(26-38(57)58)50-44(64)40(28(4)5)51-42(62)33(19-20-37(55)56)49-43(63)35(27-39(59)60)48-29(6)53/h7,11,13-18,21,23,28,33-35,40H,8-10,12,19-20,22,24-27H2,1-6H3,(H,46,54)(H,47,61)(H,48,53)(H,49,63)(H,50,64)(H,51,62)(H,55,56)(H,57,58)(H,59,60)/b11-7-,14-13?,30-21+,45-23+/t33-,34-,35-,40-/m1/s1. The van der Waals surface area contributed by atoms with E-state index >= 15 is 0 Å². The van der Waals surface area contributed by atoms with E-state index in [0.29, 0.717) is 13.0 Å². The van der Waals surface area contributed by atoms with Crippen molar-refractivity contribution in [3.05, 3.63) is 59.7 Å². The van der Waals surface area contributed by atoms with Gasteiger partial charge in [0.1, 0.15) is 24.2 Å². The number of carboxylic acid groups (broad SMARTS) is 3. The lowest BCUT2D eigenvalue weighted by atomic mass is 10.0. The third kappa shape index (κ3) is 22.8. The Balaban J connectivity index is 2.77. The van der Waals surface area contributed by atoms with Crippen LogP contribution in [-0.4, -0.2) is 132 Å². The van der Waals surface area contributed by atoms with E-state index < -0.39 is 103 Å². The number of nitrogens with one attached hydrogen (secondary N) is 6. The molecule has 0 heterocycles. The molecule has 0 saturated carbocycles. The summed E-state index contributed by atoms with van der Waals surface area (Å²) in [5.74, 6) is -9.98. The van der Waals surface area contributed by atoms with E-state index in [4.69, 9.17) is 5.11 Å². The van der Waals surface area contributed by atoms with Crippen LogP contribution in [0.25, 0.3) is 6.08 Å². The van der Waals surface area contributed by atoms with Crippen LogP contribution < -0.4 is 36.8 Å². The molecule has 0 radical (unpaired) electrons. The van der Waals surface area contributed by atoms with Crippen molar-refractivity contribution in [1.82, 2.24) is 31.9 Å². The maximum Gasteiger partial charge on any atom is 0.305 e. The Bertz CT molecular complexity index is 1860. The van der Waals surface area contributed by atoms with Gasteiger partial charge >= 0.3 is 17.9 Å². The summed E-state index contributed by atoms with van der Waals surface area (Å²) in [6.07, 6.45) is 9.22. The van der Waals surface area contributed by atoms with E-state index in [9.17, 15) is 53.4 Å². The fourth-order valence-corrected chi connectivity index (χ4v) is 5.95. The minimum Gasteiger partial charge on any atom is -0.481 e. The maximum atomic E-state index is 13.4. The van der Waals surface area contributed by atoms with Gasteiger partial charge in [-0.15, -0.1) is 0 Å². The van der Waals surface area contributed by atoms with Gasteiger partial charge in [-0.05, 0) is 68.9 Å². The summed E-state index contributed by atoms with van der Waals surface area (Å²) in [5.41, 5.74) is 3.17. The molecule has 1 aromatic carbocycles. The molecule has 20 heteroatoms. The van der Waals surface area contributed by atoms with Gasteiger partial charge in [-0.3, -0.25) is 48.1 Å². The number of carbonyl (C=O) groups is 9. The van der Waals surface area contributed by atoms with Crippen LogP contribution >= 0.6 is 0 Å². The van der Waals surface area contributed by atoms with Gasteiger partial charge in [0.2, 0.25) is 35.4 Å². The quantitative estimate of drug-likeness (QED) is 0.0301. The van der Waals surface area contributed by atoms with Gasteiger partial charge in [0.25, 0.3) is 0 Å².